The van der Waals surface area contributed by atoms with Crippen LogP contribution in [0.25, 0.3) is 28.2 Å². The zero-order valence-corrected chi connectivity index (χ0v) is 15.0. The number of benzene rings is 1. The van der Waals surface area contributed by atoms with Gasteiger partial charge >= 0.3 is 6.18 Å². The van der Waals surface area contributed by atoms with E-state index in [0.29, 0.717) is 21.6 Å². The Morgan fingerprint density at radius 2 is 1.89 bits per heavy atom. The van der Waals surface area contributed by atoms with Gasteiger partial charge in [-0.05, 0) is 33.6 Å². The average molecular weight is 442 g/mol. The van der Waals surface area contributed by atoms with Crippen LogP contribution in [0.3, 0.4) is 0 Å². The fourth-order valence-electron chi connectivity index (χ4n) is 2.81. The molecule has 0 aliphatic rings. The Kier molecular flexibility index (Phi) is 4.07. The molecule has 3 heterocycles. The zero-order chi connectivity index (χ0) is 19.3. The molecule has 0 radical (unpaired) electrons. The summed E-state index contributed by atoms with van der Waals surface area (Å²) in [7, 11) is 0. The molecule has 0 aliphatic carbocycles. The van der Waals surface area contributed by atoms with Crippen LogP contribution in [-0.2, 0) is 12.7 Å². The predicted octanol–water partition coefficient (Wildman–Crippen LogP) is 2.81. The van der Waals surface area contributed by atoms with Crippen molar-refractivity contribution in [3.05, 3.63) is 51.1 Å². The molecule has 4 rings (SSSR count). The summed E-state index contributed by atoms with van der Waals surface area (Å²) in [4.78, 5) is 24.1. The highest BCUT2D eigenvalue weighted by atomic mass is 79.9. The predicted molar refractivity (Wildman–Crippen MR) is 94.3 cm³/mol. The molecule has 0 spiro atoms. The van der Waals surface area contributed by atoms with Gasteiger partial charge in [0.25, 0.3) is 5.56 Å². The minimum Gasteiger partial charge on any atom is -0.395 e. The van der Waals surface area contributed by atoms with Crippen molar-refractivity contribution in [2.45, 2.75) is 12.7 Å². The van der Waals surface area contributed by atoms with Crippen LogP contribution < -0.4 is 5.56 Å². The van der Waals surface area contributed by atoms with Gasteiger partial charge in [0, 0.05) is 12.7 Å². The molecule has 1 aromatic carbocycles. The van der Waals surface area contributed by atoms with Gasteiger partial charge in [0.05, 0.1) is 17.9 Å². The minimum atomic E-state index is -4.42. The molecule has 3 aromatic heterocycles. The van der Waals surface area contributed by atoms with Crippen LogP contribution in [0.1, 0.15) is 5.56 Å². The maximum Gasteiger partial charge on any atom is 0.416 e. The Balaban J connectivity index is 1.86. The van der Waals surface area contributed by atoms with Gasteiger partial charge < -0.3 is 14.7 Å². The van der Waals surface area contributed by atoms with E-state index in [-0.39, 0.29) is 24.4 Å². The summed E-state index contributed by atoms with van der Waals surface area (Å²) in [6, 6.07) is 4.58. The smallest absolute Gasteiger partial charge is 0.395 e. The second-order valence-corrected chi connectivity index (χ2v) is 6.49. The lowest BCUT2D eigenvalue weighted by Crippen LogP contribution is -2.14. The van der Waals surface area contributed by atoms with E-state index in [1.54, 1.807) is 4.57 Å². The van der Waals surface area contributed by atoms with Crippen molar-refractivity contribution < 1.29 is 18.3 Å². The van der Waals surface area contributed by atoms with E-state index in [1.807, 2.05) is 0 Å². The molecule has 0 unspecified atom stereocenters. The lowest BCUT2D eigenvalue weighted by atomic mass is 10.1. The molecule has 140 valence electrons. The summed E-state index contributed by atoms with van der Waals surface area (Å²) in [6.07, 6.45) is -2.95. The number of aromatic amines is 1. The number of halogens is 4. The number of H-pyrrole nitrogens is 1. The molecule has 0 saturated heterocycles. The summed E-state index contributed by atoms with van der Waals surface area (Å²) in [5, 5.41) is 9.17. The Morgan fingerprint density at radius 1 is 1.19 bits per heavy atom. The Labute approximate surface area is 157 Å². The number of aromatic nitrogens is 5. The van der Waals surface area contributed by atoms with E-state index in [0.717, 1.165) is 12.1 Å². The molecule has 7 nitrogen and oxygen atoms in total. The van der Waals surface area contributed by atoms with Gasteiger partial charge in [-0.3, -0.25) is 4.79 Å². The van der Waals surface area contributed by atoms with Crippen LogP contribution in [0.4, 0.5) is 13.2 Å². The van der Waals surface area contributed by atoms with Gasteiger partial charge in [-0.2, -0.15) is 18.2 Å². The number of fused-ring (bicyclic) bond motifs is 2. The van der Waals surface area contributed by atoms with E-state index in [1.165, 1.54) is 22.7 Å². The summed E-state index contributed by atoms with van der Waals surface area (Å²) in [5.41, 5.74) is 0.142. The summed E-state index contributed by atoms with van der Waals surface area (Å²) in [6.45, 7) is 0.0405. The molecule has 0 amide bonds. The second kappa shape index (κ2) is 6.20. The SMILES string of the molecule is O=c1c2nc(Br)n(CCO)c2nc2[nH]c(-c3ccc(C(F)(F)F)cc3)cn12. The lowest BCUT2D eigenvalue weighted by molar-refractivity contribution is -0.137. The fraction of sp³-hybridized carbons (Fsp3) is 0.188. The van der Waals surface area contributed by atoms with Gasteiger partial charge in [-0.1, -0.05) is 12.1 Å². The quantitative estimate of drug-likeness (QED) is 0.478. The van der Waals surface area contributed by atoms with Crippen molar-refractivity contribution in [2.24, 2.45) is 0 Å². The maximum absolute atomic E-state index is 12.7. The normalized spacial score (nSPS) is 12.3. The number of hydrogen-bond acceptors (Lipinski definition) is 4. The van der Waals surface area contributed by atoms with Crippen molar-refractivity contribution in [3.63, 3.8) is 0 Å². The molecular weight excluding hydrogens is 431 g/mol. The first-order chi connectivity index (χ1) is 12.8. The zero-order valence-electron chi connectivity index (χ0n) is 13.5. The number of aliphatic hydroxyl groups is 1. The molecule has 0 fully saturated rings. The molecular formula is C16H11BrF3N5O2. The highest BCUT2D eigenvalue weighted by Crippen LogP contribution is 2.30. The molecule has 0 bridgehead atoms. The number of aliphatic hydroxyl groups excluding tert-OH is 1. The van der Waals surface area contributed by atoms with Crippen LogP contribution in [0, 0.1) is 0 Å². The minimum absolute atomic E-state index is 0.116. The number of imidazole rings is 2. The van der Waals surface area contributed by atoms with Crippen molar-refractivity contribution >= 4 is 32.9 Å². The van der Waals surface area contributed by atoms with E-state index in [4.69, 9.17) is 5.11 Å². The van der Waals surface area contributed by atoms with Gasteiger partial charge in [-0.25, -0.2) is 9.38 Å². The number of hydrogen-bond donors (Lipinski definition) is 2. The lowest BCUT2D eigenvalue weighted by Gasteiger charge is -2.06. The average Bonchev–Trinajstić information content (AvgIpc) is 3.18. The fourth-order valence-corrected chi connectivity index (χ4v) is 3.34. The summed E-state index contributed by atoms with van der Waals surface area (Å²) >= 11 is 3.23. The Bertz CT molecular complexity index is 1210. The standard InChI is InChI=1S/C16H11BrF3N5O2/c17-14-22-11-12(24(14)5-6-26)23-15-21-10(7-25(15)13(11)27)8-1-3-9(4-2-8)16(18,19)20/h1-4,7,26H,5-6H2,(H,21,23). The third kappa shape index (κ3) is 2.92. The third-order valence-corrected chi connectivity index (χ3v) is 4.71. The van der Waals surface area contributed by atoms with Crippen LogP contribution >= 0.6 is 15.9 Å². The third-order valence-electron chi connectivity index (χ3n) is 4.11. The molecule has 2 N–H and O–H groups in total. The van der Waals surface area contributed by atoms with Crippen LogP contribution in [0.15, 0.2) is 40.0 Å². The van der Waals surface area contributed by atoms with E-state index in [9.17, 15) is 18.0 Å². The second-order valence-electron chi connectivity index (χ2n) is 5.78. The van der Waals surface area contributed by atoms with Gasteiger partial charge in [0.2, 0.25) is 5.78 Å². The molecule has 27 heavy (non-hydrogen) atoms. The molecule has 4 aromatic rings. The summed E-state index contributed by atoms with van der Waals surface area (Å²) < 4.78 is 41.3. The van der Waals surface area contributed by atoms with Crippen LogP contribution in [0.5, 0.6) is 0 Å². The molecule has 0 atom stereocenters. The first kappa shape index (κ1) is 17.7. The van der Waals surface area contributed by atoms with Crippen molar-refractivity contribution in [2.75, 3.05) is 6.61 Å². The molecule has 11 heteroatoms. The van der Waals surface area contributed by atoms with E-state index in [2.05, 4.69) is 30.9 Å². The first-order valence-corrected chi connectivity index (χ1v) is 8.54. The number of nitrogens with one attached hydrogen (secondary N) is 1. The molecule has 0 aliphatic heterocycles. The highest BCUT2D eigenvalue weighted by molar-refractivity contribution is 9.10. The largest absolute Gasteiger partial charge is 0.416 e. The van der Waals surface area contributed by atoms with E-state index < -0.39 is 17.3 Å². The van der Waals surface area contributed by atoms with Gasteiger partial charge in [0.1, 0.15) is 0 Å². The number of rotatable bonds is 3. The van der Waals surface area contributed by atoms with Crippen LogP contribution in [0.2, 0.25) is 0 Å². The monoisotopic (exact) mass is 441 g/mol. The highest BCUT2D eigenvalue weighted by Gasteiger charge is 2.30. The Morgan fingerprint density at radius 3 is 2.52 bits per heavy atom. The van der Waals surface area contributed by atoms with Crippen molar-refractivity contribution in [1.82, 2.24) is 23.9 Å². The van der Waals surface area contributed by atoms with Gasteiger partial charge in [0.15, 0.2) is 15.9 Å². The number of alkyl halides is 3. The maximum atomic E-state index is 12.7. The first-order valence-electron chi connectivity index (χ1n) is 7.75. The van der Waals surface area contributed by atoms with Gasteiger partial charge in [-0.15, -0.1) is 0 Å². The number of nitrogens with zero attached hydrogens (tertiary/aromatic N) is 4. The Hall–Kier alpha value is -2.66. The van der Waals surface area contributed by atoms with Crippen molar-refractivity contribution in [3.8, 4) is 11.3 Å². The van der Waals surface area contributed by atoms with Crippen LogP contribution in [-0.4, -0.2) is 35.6 Å². The van der Waals surface area contributed by atoms with Crippen molar-refractivity contribution in [1.29, 1.82) is 0 Å². The van der Waals surface area contributed by atoms with E-state index >= 15 is 0 Å². The topological polar surface area (TPSA) is 88.2 Å². The molecule has 0 saturated carbocycles. The summed E-state index contributed by atoms with van der Waals surface area (Å²) in [5.74, 6) is 0.217.